The lowest BCUT2D eigenvalue weighted by atomic mass is 9.90. The van der Waals surface area contributed by atoms with Crippen molar-refractivity contribution >= 4 is 12.6 Å². The second-order valence-electron chi connectivity index (χ2n) is 6.33. The van der Waals surface area contributed by atoms with Gasteiger partial charge >= 0.3 is 0 Å². The van der Waals surface area contributed by atoms with E-state index in [1.54, 1.807) is 0 Å². The maximum Gasteiger partial charge on any atom is 0.122 e. The van der Waals surface area contributed by atoms with E-state index in [0.29, 0.717) is 11.3 Å². The van der Waals surface area contributed by atoms with E-state index in [1.807, 2.05) is 0 Å². The monoisotopic (exact) mass is 278 g/mol. The van der Waals surface area contributed by atoms with Crippen LogP contribution in [0, 0.1) is 12.3 Å². The normalized spacial score (nSPS) is 17.9. The number of hydrogen-bond donors (Lipinski definition) is 1. The standard InChI is InChI=1S/C17H26OS/c1-13(2)15-7-6-14(3)16(10-15)18-11-17(12-19)8-4-5-9-17/h6-7,10,13,19H,4-5,8-9,11-12H2,1-3H3. The quantitative estimate of drug-likeness (QED) is 0.747. The van der Waals surface area contributed by atoms with Gasteiger partial charge in [0.1, 0.15) is 5.75 Å². The van der Waals surface area contributed by atoms with Gasteiger partial charge in [0.05, 0.1) is 6.61 Å². The smallest absolute Gasteiger partial charge is 0.122 e. The molecule has 1 aliphatic carbocycles. The van der Waals surface area contributed by atoms with Crippen LogP contribution in [-0.4, -0.2) is 12.4 Å². The van der Waals surface area contributed by atoms with Crippen LogP contribution in [0.3, 0.4) is 0 Å². The summed E-state index contributed by atoms with van der Waals surface area (Å²) in [6.07, 6.45) is 5.18. The van der Waals surface area contributed by atoms with Gasteiger partial charge in [-0.05, 0) is 48.6 Å². The predicted molar refractivity (Wildman–Crippen MR) is 85.5 cm³/mol. The third kappa shape index (κ3) is 3.47. The Hall–Kier alpha value is -0.630. The molecule has 106 valence electrons. The minimum absolute atomic E-state index is 0.309. The number of aryl methyl sites for hydroxylation is 1. The second kappa shape index (κ2) is 6.21. The molecule has 0 aliphatic heterocycles. The maximum atomic E-state index is 6.16. The number of benzene rings is 1. The molecule has 1 aliphatic rings. The third-order valence-electron chi connectivity index (χ3n) is 4.41. The van der Waals surface area contributed by atoms with Crippen molar-refractivity contribution in [3.8, 4) is 5.75 Å². The van der Waals surface area contributed by atoms with Crippen LogP contribution >= 0.6 is 12.6 Å². The van der Waals surface area contributed by atoms with Crippen LogP contribution in [0.15, 0.2) is 18.2 Å². The van der Waals surface area contributed by atoms with E-state index in [4.69, 9.17) is 4.74 Å². The molecule has 1 fully saturated rings. The van der Waals surface area contributed by atoms with Crippen molar-refractivity contribution < 1.29 is 4.74 Å². The van der Waals surface area contributed by atoms with Crippen molar-refractivity contribution in [3.63, 3.8) is 0 Å². The Morgan fingerprint density at radius 2 is 1.95 bits per heavy atom. The summed E-state index contributed by atoms with van der Waals surface area (Å²) in [5, 5.41) is 0. The van der Waals surface area contributed by atoms with E-state index >= 15 is 0 Å². The van der Waals surface area contributed by atoms with Crippen LogP contribution in [0.1, 0.15) is 56.6 Å². The number of rotatable bonds is 5. The summed E-state index contributed by atoms with van der Waals surface area (Å²) >= 11 is 4.55. The first-order chi connectivity index (χ1) is 9.06. The first kappa shape index (κ1) is 14.8. The van der Waals surface area contributed by atoms with Crippen LogP contribution in [0.2, 0.25) is 0 Å². The molecule has 0 saturated heterocycles. The summed E-state index contributed by atoms with van der Waals surface area (Å²) in [6.45, 7) is 7.39. The molecule has 0 spiro atoms. The topological polar surface area (TPSA) is 9.23 Å². The molecule has 19 heavy (non-hydrogen) atoms. The van der Waals surface area contributed by atoms with E-state index in [0.717, 1.165) is 18.1 Å². The Bertz CT molecular complexity index is 419. The van der Waals surface area contributed by atoms with Crippen molar-refractivity contribution in [2.75, 3.05) is 12.4 Å². The summed E-state index contributed by atoms with van der Waals surface area (Å²) in [5.74, 6) is 2.54. The fourth-order valence-corrected chi connectivity index (χ4v) is 3.24. The number of ether oxygens (including phenoxy) is 1. The fraction of sp³-hybridized carbons (Fsp3) is 0.647. The highest BCUT2D eigenvalue weighted by molar-refractivity contribution is 7.80. The highest BCUT2D eigenvalue weighted by Crippen LogP contribution is 2.39. The molecule has 0 N–H and O–H groups in total. The van der Waals surface area contributed by atoms with Gasteiger partial charge in [-0.25, -0.2) is 0 Å². The fourth-order valence-electron chi connectivity index (χ4n) is 2.84. The van der Waals surface area contributed by atoms with Gasteiger partial charge in [0.25, 0.3) is 0 Å². The Balaban J connectivity index is 2.08. The third-order valence-corrected chi connectivity index (χ3v) is 5.08. The number of thiol groups is 1. The summed E-state index contributed by atoms with van der Waals surface area (Å²) in [4.78, 5) is 0. The molecule has 2 heteroatoms. The largest absolute Gasteiger partial charge is 0.493 e. The molecule has 1 aromatic rings. The lowest BCUT2D eigenvalue weighted by Gasteiger charge is -2.27. The summed E-state index contributed by atoms with van der Waals surface area (Å²) in [7, 11) is 0. The minimum atomic E-state index is 0.309. The van der Waals surface area contributed by atoms with Crippen LogP contribution in [0.4, 0.5) is 0 Å². The van der Waals surface area contributed by atoms with Crippen molar-refractivity contribution in [2.24, 2.45) is 5.41 Å². The Morgan fingerprint density at radius 3 is 2.53 bits per heavy atom. The highest BCUT2D eigenvalue weighted by Gasteiger charge is 2.33. The molecule has 0 bridgehead atoms. The molecule has 0 radical (unpaired) electrons. The van der Waals surface area contributed by atoms with Gasteiger partial charge in [-0.3, -0.25) is 0 Å². The van der Waals surface area contributed by atoms with Crippen molar-refractivity contribution in [3.05, 3.63) is 29.3 Å². The molecule has 1 saturated carbocycles. The van der Waals surface area contributed by atoms with Gasteiger partial charge in [-0.2, -0.15) is 12.6 Å². The van der Waals surface area contributed by atoms with Crippen LogP contribution in [-0.2, 0) is 0 Å². The van der Waals surface area contributed by atoms with Gasteiger partial charge in [-0.1, -0.05) is 38.8 Å². The van der Waals surface area contributed by atoms with E-state index in [-0.39, 0.29) is 0 Å². The average molecular weight is 278 g/mol. The van der Waals surface area contributed by atoms with Gasteiger partial charge in [0, 0.05) is 5.41 Å². The number of hydrogen-bond acceptors (Lipinski definition) is 2. The molecular weight excluding hydrogens is 252 g/mol. The predicted octanol–water partition coefficient (Wildman–Crippen LogP) is 4.99. The maximum absolute atomic E-state index is 6.16. The molecule has 1 nitrogen and oxygen atoms in total. The zero-order chi connectivity index (χ0) is 13.9. The van der Waals surface area contributed by atoms with Crippen molar-refractivity contribution in [1.29, 1.82) is 0 Å². The summed E-state index contributed by atoms with van der Waals surface area (Å²) in [5.41, 5.74) is 2.90. The van der Waals surface area contributed by atoms with E-state index in [2.05, 4.69) is 51.6 Å². The Labute approximate surface area is 123 Å². The van der Waals surface area contributed by atoms with E-state index in [9.17, 15) is 0 Å². The Morgan fingerprint density at radius 1 is 1.26 bits per heavy atom. The van der Waals surface area contributed by atoms with Crippen LogP contribution in [0.25, 0.3) is 0 Å². The van der Waals surface area contributed by atoms with Crippen LogP contribution < -0.4 is 4.74 Å². The first-order valence-electron chi connectivity index (χ1n) is 7.40. The van der Waals surface area contributed by atoms with Gasteiger partial charge in [-0.15, -0.1) is 0 Å². The van der Waals surface area contributed by atoms with Gasteiger partial charge in [0.15, 0.2) is 0 Å². The molecule has 2 rings (SSSR count). The molecule has 0 heterocycles. The lowest BCUT2D eigenvalue weighted by molar-refractivity contribution is 0.172. The van der Waals surface area contributed by atoms with Gasteiger partial charge < -0.3 is 4.74 Å². The van der Waals surface area contributed by atoms with Crippen molar-refractivity contribution in [2.45, 2.75) is 52.4 Å². The van der Waals surface area contributed by atoms with Gasteiger partial charge in [0.2, 0.25) is 0 Å². The zero-order valence-electron chi connectivity index (χ0n) is 12.4. The minimum Gasteiger partial charge on any atom is -0.493 e. The zero-order valence-corrected chi connectivity index (χ0v) is 13.3. The summed E-state index contributed by atoms with van der Waals surface area (Å²) in [6, 6.07) is 6.59. The molecule has 0 atom stereocenters. The molecule has 0 unspecified atom stereocenters. The second-order valence-corrected chi connectivity index (χ2v) is 6.65. The Kier molecular flexibility index (Phi) is 4.83. The van der Waals surface area contributed by atoms with Crippen molar-refractivity contribution in [1.82, 2.24) is 0 Å². The van der Waals surface area contributed by atoms with E-state index in [1.165, 1.54) is 36.8 Å². The molecule has 1 aromatic carbocycles. The SMILES string of the molecule is Cc1ccc(C(C)C)cc1OCC1(CS)CCCC1. The summed E-state index contributed by atoms with van der Waals surface area (Å²) < 4.78 is 6.16. The average Bonchev–Trinajstić information content (AvgIpc) is 2.87. The molecule has 0 aromatic heterocycles. The molecule has 0 amide bonds. The highest BCUT2D eigenvalue weighted by atomic mass is 32.1. The molecular formula is C17H26OS. The van der Waals surface area contributed by atoms with Crippen LogP contribution in [0.5, 0.6) is 5.75 Å². The van der Waals surface area contributed by atoms with E-state index < -0.39 is 0 Å². The first-order valence-corrected chi connectivity index (χ1v) is 8.04. The lowest BCUT2D eigenvalue weighted by Crippen LogP contribution is -2.27.